The molecule has 146 valence electrons. The normalized spacial score (nSPS) is 12.4. The number of imidazole rings is 1. The lowest BCUT2D eigenvalue weighted by atomic mass is 9.86. The van der Waals surface area contributed by atoms with Gasteiger partial charge in [-0.25, -0.2) is 9.78 Å². The number of halogens is 1. The van der Waals surface area contributed by atoms with Gasteiger partial charge in [0.25, 0.3) is 0 Å². The van der Waals surface area contributed by atoms with Gasteiger partial charge >= 0.3 is 6.16 Å². The second kappa shape index (κ2) is 8.48. The van der Waals surface area contributed by atoms with Crippen LogP contribution in [0.15, 0.2) is 67.3 Å². The van der Waals surface area contributed by atoms with E-state index in [-0.39, 0.29) is 5.41 Å². The van der Waals surface area contributed by atoms with Gasteiger partial charge in [-0.15, -0.1) is 0 Å². The first-order chi connectivity index (χ1) is 13.3. The number of carbonyl (C=O) groups is 1. The number of hydrogen-bond acceptors (Lipinski definition) is 4. The summed E-state index contributed by atoms with van der Waals surface area (Å²) in [7, 11) is 0. The molecule has 6 heteroatoms. The Labute approximate surface area is 169 Å². The minimum Gasteiger partial charge on any atom is -0.424 e. The van der Waals surface area contributed by atoms with E-state index in [1.807, 2.05) is 22.9 Å². The first-order valence-corrected chi connectivity index (χ1v) is 9.39. The smallest absolute Gasteiger partial charge is 0.424 e. The van der Waals surface area contributed by atoms with E-state index < -0.39 is 12.3 Å². The predicted molar refractivity (Wildman–Crippen MR) is 109 cm³/mol. The predicted octanol–water partition coefficient (Wildman–Crippen LogP) is 5.79. The highest BCUT2D eigenvalue weighted by Gasteiger charge is 2.21. The van der Waals surface area contributed by atoms with E-state index in [1.54, 1.807) is 36.8 Å². The van der Waals surface area contributed by atoms with Gasteiger partial charge in [0.1, 0.15) is 11.9 Å². The quantitative estimate of drug-likeness (QED) is 0.403. The third-order valence-corrected chi connectivity index (χ3v) is 4.59. The van der Waals surface area contributed by atoms with Gasteiger partial charge in [-0.3, -0.25) is 0 Å². The summed E-state index contributed by atoms with van der Waals surface area (Å²) in [5.41, 5.74) is 2.14. The Morgan fingerprint density at radius 1 is 1.11 bits per heavy atom. The minimum atomic E-state index is -0.771. The van der Waals surface area contributed by atoms with Gasteiger partial charge < -0.3 is 14.0 Å². The lowest BCUT2D eigenvalue weighted by molar-refractivity contribution is 0.0500. The molecule has 3 aromatic rings. The van der Waals surface area contributed by atoms with Crippen molar-refractivity contribution < 1.29 is 14.3 Å². The highest BCUT2D eigenvalue weighted by molar-refractivity contribution is 6.30. The fourth-order valence-electron chi connectivity index (χ4n) is 2.73. The van der Waals surface area contributed by atoms with Gasteiger partial charge in [0.15, 0.2) is 0 Å². The summed E-state index contributed by atoms with van der Waals surface area (Å²) in [4.78, 5) is 16.4. The van der Waals surface area contributed by atoms with Crippen molar-refractivity contribution in [3.8, 4) is 5.75 Å². The van der Waals surface area contributed by atoms with Crippen LogP contribution in [0.4, 0.5) is 4.79 Å². The zero-order valence-electron chi connectivity index (χ0n) is 16.1. The lowest BCUT2D eigenvalue weighted by Gasteiger charge is -2.22. The third kappa shape index (κ3) is 5.36. The zero-order valence-corrected chi connectivity index (χ0v) is 16.9. The summed E-state index contributed by atoms with van der Waals surface area (Å²) in [6.45, 7) is 6.91. The highest BCUT2D eigenvalue weighted by atomic mass is 35.5. The SMILES string of the molecule is CC(C)(C)c1ccc(C(Cn2ccnc2)OC(=O)Oc2ccc(Cl)cc2)cc1. The van der Waals surface area contributed by atoms with Crippen molar-refractivity contribution in [1.82, 2.24) is 9.55 Å². The van der Waals surface area contributed by atoms with Crippen molar-refractivity contribution in [3.05, 3.63) is 83.4 Å². The van der Waals surface area contributed by atoms with Crippen LogP contribution in [-0.2, 0) is 16.7 Å². The average Bonchev–Trinajstić information content (AvgIpc) is 3.16. The van der Waals surface area contributed by atoms with Crippen molar-refractivity contribution in [3.63, 3.8) is 0 Å². The van der Waals surface area contributed by atoms with Crippen LogP contribution < -0.4 is 4.74 Å². The van der Waals surface area contributed by atoms with E-state index in [1.165, 1.54) is 5.56 Å². The van der Waals surface area contributed by atoms with Crippen LogP contribution in [0.5, 0.6) is 5.75 Å². The average molecular weight is 399 g/mol. The molecule has 5 nitrogen and oxygen atoms in total. The van der Waals surface area contributed by atoms with Crippen LogP contribution in [0.1, 0.15) is 38.0 Å². The number of rotatable bonds is 5. The van der Waals surface area contributed by atoms with Gasteiger partial charge in [0.05, 0.1) is 12.9 Å². The maximum Gasteiger partial charge on any atom is 0.514 e. The molecule has 0 N–H and O–H groups in total. The molecule has 0 saturated heterocycles. The van der Waals surface area contributed by atoms with Crippen molar-refractivity contribution in [1.29, 1.82) is 0 Å². The summed E-state index contributed by atoms with van der Waals surface area (Å²) < 4.78 is 12.8. The molecule has 0 spiro atoms. The molecule has 1 aromatic heterocycles. The number of nitrogens with zero attached hydrogens (tertiary/aromatic N) is 2. The molecule has 0 saturated carbocycles. The maximum absolute atomic E-state index is 12.3. The molecule has 3 rings (SSSR count). The zero-order chi connectivity index (χ0) is 20.1. The van der Waals surface area contributed by atoms with E-state index >= 15 is 0 Å². The van der Waals surface area contributed by atoms with Crippen LogP contribution in [-0.4, -0.2) is 15.7 Å². The topological polar surface area (TPSA) is 53.4 Å². The first-order valence-electron chi connectivity index (χ1n) is 9.01. The van der Waals surface area contributed by atoms with Crippen LogP contribution in [0, 0.1) is 0 Å². The molecular weight excluding hydrogens is 376 g/mol. The molecule has 0 radical (unpaired) electrons. The lowest BCUT2D eigenvalue weighted by Crippen LogP contribution is -2.19. The van der Waals surface area contributed by atoms with E-state index in [2.05, 4.69) is 37.9 Å². The first kappa shape index (κ1) is 20.0. The molecule has 2 aromatic carbocycles. The number of carbonyl (C=O) groups excluding carboxylic acids is 1. The summed E-state index contributed by atoms with van der Waals surface area (Å²) in [6.07, 6.45) is 3.91. The van der Waals surface area contributed by atoms with Crippen molar-refractivity contribution in [2.75, 3.05) is 0 Å². The minimum absolute atomic E-state index is 0.0484. The van der Waals surface area contributed by atoms with Gasteiger partial charge in [-0.1, -0.05) is 56.6 Å². The Hall–Kier alpha value is -2.79. The second-order valence-electron chi connectivity index (χ2n) is 7.54. The molecule has 1 atom stereocenters. The van der Waals surface area contributed by atoms with Crippen LogP contribution >= 0.6 is 11.6 Å². The van der Waals surface area contributed by atoms with E-state index in [0.29, 0.717) is 17.3 Å². The second-order valence-corrected chi connectivity index (χ2v) is 7.98. The number of aromatic nitrogens is 2. The molecule has 0 aliphatic heterocycles. The number of hydrogen-bond donors (Lipinski definition) is 0. The van der Waals surface area contributed by atoms with Crippen molar-refractivity contribution in [2.24, 2.45) is 0 Å². The van der Waals surface area contributed by atoms with Crippen molar-refractivity contribution in [2.45, 2.75) is 38.8 Å². The number of benzene rings is 2. The molecule has 0 amide bonds. The summed E-state index contributed by atoms with van der Waals surface area (Å²) in [5.74, 6) is 0.374. The van der Waals surface area contributed by atoms with Crippen LogP contribution in [0.2, 0.25) is 5.02 Å². The Kier molecular flexibility index (Phi) is 6.05. The molecule has 0 aliphatic rings. The summed E-state index contributed by atoms with van der Waals surface area (Å²) in [5, 5.41) is 0.567. The fourth-order valence-corrected chi connectivity index (χ4v) is 2.86. The largest absolute Gasteiger partial charge is 0.514 e. The molecule has 0 aliphatic carbocycles. The Bertz CT molecular complexity index is 898. The standard InChI is InChI=1S/C22H23ClN2O3/c1-22(2,3)17-6-4-16(5-7-17)20(14-25-13-12-24-15-25)28-21(26)27-19-10-8-18(23)9-11-19/h4-13,15,20H,14H2,1-3H3. The fraction of sp³-hybridized carbons (Fsp3) is 0.273. The third-order valence-electron chi connectivity index (χ3n) is 4.34. The Morgan fingerprint density at radius 3 is 2.36 bits per heavy atom. The van der Waals surface area contributed by atoms with E-state index in [9.17, 15) is 4.79 Å². The van der Waals surface area contributed by atoms with Gasteiger partial charge in [-0.05, 0) is 40.8 Å². The molecular formula is C22H23ClN2O3. The maximum atomic E-state index is 12.3. The molecule has 0 bridgehead atoms. The van der Waals surface area contributed by atoms with Crippen molar-refractivity contribution >= 4 is 17.8 Å². The van der Waals surface area contributed by atoms with Gasteiger partial charge in [-0.2, -0.15) is 0 Å². The van der Waals surface area contributed by atoms with E-state index in [0.717, 1.165) is 5.56 Å². The van der Waals surface area contributed by atoms with Crippen LogP contribution in [0.25, 0.3) is 0 Å². The molecule has 1 heterocycles. The molecule has 0 fully saturated rings. The van der Waals surface area contributed by atoms with E-state index in [4.69, 9.17) is 21.1 Å². The summed E-state index contributed by atoms with van der Waals surface area (Å²) >= 11 is 5.86. The highest BCUT2D eigenvalue weighted by Crippen LogP contribution is 2.27. The Morgan fingerprint density at radius 2 is 1.79 bits per heavy atom. The van der Waals surface area contributed by atoms with Crippen LogP contribution in [0.3, 0.4) is 0 Å². The van der Waals surface area contributed by atoms with Gasteiger partial charge in [0, 0.05) is 17.4 Å². The summed E-state index contributed by atoms with van der Waals surface area (Å²) in [6, 6.07) is 14.6. The molecule has 28 heavy (non-hydrogen) atoms. The Balaban J connectivity index is 1.76. The number of ether oxygens (including phenoxy) is 2. The monoisotopic (exact) mass is 398 g/mol. The molecule has 1 unspecified atom stereocenters. The van der Waals surface area contributed by atoms with Gasteiger partial charge in [0.2, 0.25) is 0 Å².